The molecule has 0 radical (unpaired) electrons. The van der Waals surface area contributed by atoms with Crippen LogP contribution in [0.1, 0.15) is 71.4 Å². The fraction of sp³-hybridized carbons (Fsp3) is 0.361. The highest BCUT2D eigenvalue weighted by Crippen LogP contribution is 2.29. The van der Waals surface area contributed by atoms with Crippen LogP contribution in [0.3, 0.4) is 0 Å². The quantitative estimate of drug-likeness (QED) is 0.167. The topological polar surface area (TPSA) is 148 Å². The van der Waals surface area contributed by atoms with E-state index in [9.17, 15) is 14.4 Å². The Morgan fingerprint density at radius 3 is 2.33 bits per heavy atom. The Morgan fingerprint density at radius 2 is 1.65 bits per heavy atom. The van der Waals surface area contributed by atoms with Gasteiger partial charge in [0, 0.05) is 55.9 Å². The number of hydrogen-bond donors (Lipinski definition) is 4. The van der Waals surface area contributed by atoms with Gasteiger partial charge >= 0.3 is 0 Å². The number of hydrogen-bond acceptors (Lipinski definition) is 8. The number of amides is 1. The zero-order valence-corrected chi connectivity index (χ0v) is 26.3. The fourth-order valence-corrected chi connectivity index (χ4v) is 5.70. The molecule has 0 aliphatic carbocycles. The van der Waals surface area contributed by atoms with Crippen molar-refractivity contribution in [1.29, 1.82) is 10.8 Å². The summed E-state index contributed by atoms with van der Waals surface area (Å²) in [5.74, 6) is -0.182. The number of nitrogens with zero attached hydrogens (tertiary/aromatic N) is 1. The SMILES string of the molecule is CC(C)C(=N)/C=C\C(=N)c1ccc(Oc2cc(C(=O)NC3CCN(C4CCOCC4)CC3)ccc2C(=O)c2ccc[nH]c2=O)cc1. The van der Waals surface area contributed by atoms with Crippen LogP contribution in [0.5, 0.6) is 11.5 Å². The molecule has 46 heavy (non-hydrogen) atoms. The van der Waals surface area contributed by atoms with Crippen LogP contribution in [0.2, 0.25) is 0 Å². The van der Waals surface area contributed by atoms with Crippen LogP contribution in [0.4, 0.5) is 0 Å². The molecule has 10 heteroatoms. The van der Waals surface area contributed by atoms with Crippen LogP contribution >= 0.6 is 0 Å². The summed E-state index contributed by atoms with van der Waals surface area (Å²) in [7, 11) is 0. The molecule has 0 atom stereocenters. The van der Waals surface area contributed by atoms with E-state index in [4.69, 9.17) is 20.3 Å². The summed E-state index contributed by atoms with van der Waals surface area (Å²) in [5.41, 5.74) is 1.24. The van der Waals surface area contributed by atoms with Crippen LogP contribution in [0.15, 0.2) is 77.7 Å². The first-order chi connectivity index (χ1) is 22.2. The molecule has 4 N–H and O–H groups in total. The molecule has 2 aromatic carbocycles. The van der Waals surface area contributed by atoms with Crippen LogP contribution in [0.25, 0.3) is 0 Å². The van der Waals surface area contributed by atoms with Crippen LogP contribution in [-0.4, -0.2) is 71.4 Å². The summed E-state index contributed by atoms with van der Waals surface area (Å²) in [6.07, 6.45) is 8.47. The number of H-pyrrole nitrogens is 1. The van der Waals surface area contributed by atoms with Gasteiger partial charge in [-0.3, -0.25) is 14.4 Å². The van der Waals surface area contributed by atoms with E-state index in [-0.39, 0.29) is 40.5 Å². The number of rotatable bonds is 11. The first-order valence-electron chi connectivity index (χ1n) is 15.8. The number of ketones is 1. The van der Waals surface area contributed by atoms with E-state index in [0.29, 0.717) is 28.6 Å². The van der Waals surface area contributed by atoms with E-state index in [1.165, 1.54) is 24.4 Å². The molecule has 3 aromatic rings. The maximum absolute atomic E-state index is 13.5. The third kappa shape index (κ3) is 8.13. The summed E-state index contributed by atoms with van der Waals surface area (Å²) in [6, 6.07) is 15.0. The molecule has 240 valence electrons. The van der Waals surface area contributed by atoms with Gasteiger partial charge in [0.05, 0.1) is 16.8 Å². The molecule has 10 nitrogen and oxygen atoms in total. The highest BCUT2D eigenvalue weighted by Gasteiger charge is 2.28. The molecule has 2 aliphatic heterocycles. The minimum absolute atomic E-state index is 0.0385. The number of carbonyl (C=O) groups is 2. The third-order valence-corrected chi connectivity index (χ3v) is 8.57. The van der Waals surface area contributed by atoms with E-state index in [1.807, 2.05) is 13.8 Å². The van der Waals surface area contributed by atoms with Gasteiger partial charge in [-0.15, -0.1) is 0 Å². The number of likely N-dealkylation sites (tertiary alicyclic amines) is 1. The largest absolute Gasteiger partial charge is 0.457 e. The second-order valence-corrected chi connectivity index (χ2v) is 12.1. The van der Waals surface area contributed by atoms with Gasteiger partial charge in [-0.2, -0.15) is 0 Å². The Bertz CT molecular complexity index is 1660. The Morgan fingerprint density at radius 1 is 0.957 bits per heavy atom. The van der Waals surface area contributed by atoms with Crippen LogP contribution < -0.4 is 15.6 Å². The van der Waals surface area contributed by atoms with Crippen molar-refractivity contribution in [3.63, 3.8) is 0 Å². The first kappa shape index (κ1) is 32.7. The number of aromatic amines is 1. The van der Waals surface area contributed by atoms with E-state index in [1.54, 1.807) is 48.6 Å². The average molecular weight is 624 g/mol. The standard InChI is InChI=1S/C36H41N5O5/c1-23(2)31(37)11-12-32(38)24-5-8-28(9-6-24)46-33-22-25(7-10-29(33)34(42)30-4-3-17-39-36(30)44)35(43)40-26-13-18-41(19-14-26)27-15-20-45-21-16-27/h3-12,17,22-23,26-27,37-38H,13-16,18-21H2,1-2H3,(H,39,44)(H,40,43)/b12-11-,37-31?,38-32?. The Hall–Kier alpha value is -4.67. The molecule has 0 bridgehead atoms. The number of carbonyl (C=O) groups excluding carboxylic acids is 2. The zero-order chi connectivity index (χ0) is 32.6. The second kappa shape index (κ2) is 15.1. The van der Waals surface area contributed by atoms with Crippen molar-refractivity contribution in [2.24, 2.45) is 5.92 Å². The summed E-state index contributed by atoms with van der Waals surface area (Å²) in [5, 5.41) is 19.5. The predicted octanol–water partition coefficient (Wildman–Crippen LogP) is 5.37. The van der Waals surface area contributed by atoms with E-state index >= 15 is 0 Å². The van der Waals surface area contributed by atoms with Crippen molar-refractivity contribution in [1.82, 2.24) is 15.2 Å². The number of ether oxygens (including phenoxy) is 2. The Kier molecular flexibility index (Phi) is 10.7. The van der Waals surface area contributed by atoms with Crippen LogP contribution in [0, 0.1) is 16.7 Å². The smallest absolute Gasteiger partial charge is 0.259 e. The summed E-state index contributed by atoms with van der Waals surface area (Å²) in [4.78, 5) is 44.3. The molecule has 2 fully saturated rings. The minimum atomic E-state index is -0.527. The molecule has 1 aromatic heterocycles. The number of piperidine rings is 1. The van der Waals surface area contributed by atoms with Crippen molar-refractivity contribution in [2.75, 3.05) is 26.3 Å². The lowest BCUT2D eigenvalue weighted by atomic mass is 9.98. The van der Waals surface area contributed by atoms with E-state index < -0.39 is 11.3 Å². The number of benzene rings is 2. The van der Waals surface area contributed by atoms with Crippen molar-refractivity contribution in [3.05, 3.63) is 106 Å². The highest BCUT2D eigenvalue weighted by molar-refractivity contribution is 6.11. The lowest BCUT2D eigenvalue weighted by Crippen LogP contribution is -2.49. The summed E-state index contributed by atoms with van der Waals surface area (Å²) in [6.45, 7) is 7.30. The maximum Gasteiger partial charge on any atom is 0.259 e. The van der Waals surface area contributed by atoms with Gasteiger partial charge in [0.25, 0.3) is 11.5 Å². The van der Waals surface area contributed by atoms with Crippen molar-refractivity contribution in [2.45, 2.75) is 51.6 Å². The molecular weight excluding hydrogens is 582 g/mol. The molecule has 5 rings (SSSR count). The van der Waals surface area contributed by atoms with Gasteiger partial charge in [-0.05, 0) is 104 Å². The summed E-state index contributed by atoms with van der Waals surface area (Å²) < 4.78 is 11.7. The Labute approximate surface area is 268 Å². The first-order valence-corrected chi connectivity index (χ1v) is 15.8. The van der Waals surface area contributed by atoms with E-state index in [0.717, 1.165) is 52.0 Å². The number of nitrogens with one attached hydrogen (secondary N) is 4. The number of pyridine rings is 1. The molecular formula is C36H41N5O5. The van der Waals surface area contributed by atoms with Gasteiger partial charge in [-0.25, -0.2) is 0 Å². The van der Waals surface area contributed by atoms with Gasteiger partial charge in [-0.1, -0.05) is 13.8 Å². The van der Waals surface area contributed by atoms with Crippen molar-refractivity contribution < 1.29 is 19.1 Å². The molecule has 2 saturated heterocycles. The zero-order valence-electron chi connectivity index (χ0n) is 26.3. The number of allylic oxidation sites excluding steroid dienone is 2. The molecule has 0 saturated carbocycles. The van der Waals surface area contributed by atoms with Crippen molar-refractivity contribution in [3.8, 4) is 11.5 Å². The number of aromatic nitrogens is 1. The monoisotopic (exact) mass is 623 g/mol. The predicted molar refractivity (Wildman–Crippen MR) is 178 cm³/mol. The van der Waals surface area contributed by atoms with E-state index in [2.05, 4.69) is 15.2 Å². The average Bonchev–Trinajstić information content (AvgIpc) is 3.08. The van der Waals surface area contributed by atoms with Gasteiger partial charge in [0.2, 0.25) is 5.78 Å². The fourth-order valence-electron chi connectivity index (χ4n) is 5.70. The lowest BCUT2D eigenvalue weighted by Gasteiger charge is -2.39. The molecule has 0 spiro atoms. The Balaban J connectivity index is 1.33. The van der Waals surface area contributed by atoms with Gasteiger partial charge < -0.3 is 35.5 Å². The van der Waals surface area contributed by atoms with Gasteiger partial charge in [0.1, 0.15) is 11.5 Å². The summed E-state index contributed by atoms with van der Waals surface area (Å²) >= 11 is 0. The molecule has 1 amide bonds. The maximum atomic E-state index is 13.5. The normalized spacial score (nSPS) is 16.4. The highest BCUT2D eigenvalue weighted by atomic mass is 16.5. The second-order valence-electron chi connectivity index (χ2n) is 12.1. The van der Waals surface area contributed by atoms with Crippen molar-refractivity contribution >= 4 is 23.1 Å². The third-order valence-electron chi connectivity index (χ3n) is 8.57. The molecule has 2 aliphatic rings. The molecule has 3 heterocycles. The van der Waals surface area contributed by atoms with Crippen LogP contribution in [-0.2, 0) is 4.74 Å². The lowest BCUT2D eigenvalue weighted by molar-refractivity contribution is 0.0238. The minimum Gasteiger partial charge on any atom is -0.457 e. The van der Waals surface area contributed by atoms with Gasteiger partial charge in [0.15, 0.2) is 0 Å². The molecule has 0 unspecified atom stereocenters.